The Morgan fingerprint density at radius 2 is 1.64 bits per heavy atom. The summed E-state index contributed by atoms with van der Waals surface area (Å²) in [7, 11) is 0. The minimum absolute atomic E-state index is 0.197. The fourth-order valence-corrected chi connectivity index (χ4v) is 2.39. The molecule has 0 aromatic heterocycles. The molecule has 1 amide bonds. The highest BCUT2D eigenvalue weighted by molar-refractivity contribution is 6.34. The van der Waals surface area contributed by atoms with Gasteiger partial charge in [-0.05, 0) is 38.1 Å². The predicted octanol–water partition coefficient (Wildman–Crippen LogP) is 4.81. The van der Waals surface area contributed by atoms with E-state index >= 15 is 0 Å². The number of ether oxygens (including phenoxy) is 3. The molecule has 0 saturated heterocycles. The van der Waals surface area contributed by atoms with Gasteiger partial charge in [0.05, 0.1) is 18.2 Å². The lowest BCUT2D eigenvalue weighted by molar-refractivity contribution is -0.118. The molecular formula is C18H19Cl2NO4. The molecule has 0 fully saturated rings. The zero-order valence-electron chi connectivity index (χ0n) is 14.0. The zero-order chi connectivity index (χ0) is 18.2. The Hall–Kier alpha value is -2.11. The Labute approximate surface area is 156 Å². The molecule has 2 aromatic rings. The van der Waals surface area contributed by atoms with Crippen molar-refractivity contribution < 1.29 is 19.0 Å². The third kappa shape index (κ3) is 5.73. The third-order valence-corrected chi connectivity index (χ3v) is 3.63. The summed E-state index contributed by atoms with van der Waals surface area (Å²) in [4.78, 5) is 12.1. The molecule has 0 aliphatic rings. The van der Waals surface area contributed by atoms with Crippen molar-refractivity contribution in [1.29, 1.82) is 0 Å². The molecule has 0 atom stereocenters. The summed E-state index contributed by atoms with van der Waals surface area (Å²) in [6.07, 6.45) is 0. The number of carbonyl (C=O) groups excluding carboxylic acids is 1. The van der Waals surface area contributed by atoms with Crippen LogP contribution < -0.4 is 19.5 Å². The summed E-state index contributed by atoms with van der Waals surface area (Å²) in [5, 5.41) is 3.60. The average molecular weight is 384 g/mol. The Morgan fingerprint density at radius 1 is 0.920 bits per heavy atom. The highest BCUT2D eigenvalue weighted by Gasteiger charge is 2.10. The number of amides is 1. The molecule has 0 heterocycles. The van der Waals surface area contributed by atoms with Crippen molar-refractivity contribution in [3.8, 4) is 17.2 Å². The molecular weight excluding hydrogens is 365 g/mol. The van der Waals surface area contributed by atoms with Crippen molar-refractivity contribution in [2.75, 3.05) is 25.1 Å². The monoisotopic (exact) mass is 383 g/mol. The van der Waals surface area contributed by atoms with Crippen LogP contribution in [-0.2, 0) is 4.79 Å². The van der Waals surface area contributed by atoms with Gasteiger partial charge in [-0.3, -0.25) is 4.79 Å². The quantitative estimate of drug-likeness (QED) is 0.710. The van der Waals surface area contributed by atoms with Crippen LogP contribution in [0.5, 0.6) is 17.2 Å². The van der Waals surface area contributed by atoms with E-state index in [2.05, 4.69) is 5.32 Å². The van der Waals surface area contributed by atoms with Crippen molar-refractivity contribution in [3.63, 3.8) is 0 Å². The maximum atomic E-state index is 12.1. The minimum atomic E-state index is -0.331. The van der Waals surface area contributed by atoms with Gasteiger partial charge in [-0.1, -0.05) is 23.2 Å². The van der Waals surface area contributed by atoms with Gasteiger partial charge in [-0.2, -0.15) is 0 Å². The van der Waals surface area contributed by atoms with Crippen molar-refractivity contribution >= 4 is 34.8 Å². The van der Waals surface area contributed by atoms with Crippen molar-refractivity contribution in [2.45, 2.75) is 13.8 Å². The molecule has 134 valence electrons. The number of hydrogen-bond acceptors (Lipinski definition) is 4. The maximum absolute atomic E-state index is 12.1. The van der Waals surface area contributed by atoms with Gasteiger partial charge < -0.3 is 19.5 Å². The second kappa shape index (κ2) is 9.39. The number of rotatable bonds is 8. The number of halogens is 2. The summed E-state index contributed by atoms with van der Waals surface area (Å²) in [5.74, 6) is 1.22. The Bertz CT molecular complexity index is 737. The fraction of sp³-hybridized carbons (Fsp3) is 0.278. The van der Waals surface area contributed by atoms with Crippen LogP contribution in [0.15, 0.2) is 36.4 Å². The molecule has 0 aliphatic heterocycles. The maximum Gasteiger partial charge on any atom is 0.262 e. The molecule has 25 heavy (non-hydrogen) atoms. The standard InChI is InChI=1S/C18H19Cl2NO4/c1-3-23-15-8-6-13(10-17(15)24-4-2)21-18(22)11-25-16-9-12(19)5-7-14(16)20/h5-10H,3-4,11H2,1-2H3,(H,21,22). The Balaban J connectivity index is 2.00. The summed E-state index contributed by atoms with van der Waals surface area (Å²) >= 11 is 11.9. The summed E-state index contributed by atoms with van der Waals surface area (Å²) in [6, 6.07) is 10.0. The topological polar surface area (TPSA) is 56.8 Å². The number of benzene rings is 2. The highest BCUT2D eigenvalue weighted by atomic mass is 35.5. The second-order valence-electron chi connectivity index (χ2n) is 4.94. The van der Waals surface area contributed by atoms with Crippen LogP contribution in [0.1, 0.15) is 13.8 Å². The molecule has 0 unspecified atom stereocenters. The van der Waals surface area contributed by atoms with Gasteiger partial charge in [-0.25, -0.2) is 0 Å². The predicted molar refractivity (Wildman–Crippen MR) is 99.4 cm³/mol. The highest BCUT2D eigenvalue weighted by Crippen LogP contribution is 2.31. The van der Waals surface area contributed by atoms with E-state index in [1.54, 1.807) is 36.4 Å². The van der Waals surface area contributed by atoms with Crippen molar-refractivity contribution in [3.05, 3.63) is 46.4 Å². The van der Waals surface area contributed by atoms with Crippen LogP contribution in [-0.4, -0.2) is 25.7 Å². The van der Waals surface area contributed by atoms with E-state index in [1.807, 2.05) is 13.8 Å². The smallest absolute Gasteiger partial charge is 0.262 e. The fourth-order valence-electron chi connectivity index (χ4n) is 2.06. The van der Waals surface area contributed by atoms with Gasteiger partial charge >= 0.3 is 0 Å². The largest absolute Gasteiger partial charge is 0.490 e. The molecule has 0 spiro atoms. The van der Waals surface area contributed by atoms with Gasteiger partial charge in [0.15, 0.2) is 18.1 Å². The van der Waals surface area contributed by atoms with Gasteiger partial charge in [0.1, 0.15) is 5.75 Å². The van der Waals surface area contributed by atoms with E-state index in [0.717, 1.165) is 0 Å². The van der Waals surface area contributed by atoms with E-state index < -0.39 is 0 Å². The van der Waals surface area contributed by atoms with Gasteiger partial charge in [-0.15, -0.1) is 0 Å². The van der Waals surface area contributed by atoms with Crippen LogP contribution in [0.2, 0.25) is 10.0 Å². The van der Waals surface area contributed by atoms with E-state index in [1.165, 1.54) is 0 Å². The van der Waals surface area contributed by atoms with Gasteiger partial charge in [0.25, 0.3) is 5.91 Å². The lowest BCUT2D eigenvalue weighted by Gasteiger charge is -2.13. The molecule has 2 aromatic carbocycles. The SMILES string of the molecule is CCOc1ccc(NC(=O)COc2cc(Cl)ccc2Cl)cc1OCC. The van der Waals surface area contributed by atoms with Crippen molar-refractivity contribution in [1.82, 2.24) is 0 Å². The third-order valence-electron chi connectivity index (χ3n) is 3.08. The Kier molecular flexibility index (Phi) is 7.22. The van der Waals surface area contributed by atoms with E-state index in [0.29, 0.717) is 46.2 Å². The van der Waals surface area contributed by atoms with Crippen LogP contribution in [0.25, 0.3) is 0 Å². The van der Waals surface area contributed by atoms with Crippen LogP contribution in [0.3, 0.4) is 0 Å². The van der Waals surface area contributed by atoms with Crippen LogP contribution >= 0.6 is 23.2 Å². The average Bonchev–Trinajstić information content (AvgIpc) is 2.58. The van der Waals surface area contributed by atoms with Gasteiger partial charge in [0, 0.05) is 22.8 Å². The van der Waals surface area contributed by atoms with E-state index in [-0.39, 0.29) is 12.5 Å². The molecule has 2 rings (SSSR count). The number of nitrogens with one attached hydrogen (secondary N) is 1. The first-order chi connectivity index (χ1) is 12.0. The molecule has 0 bridgehead atoms. The minimum Gasteiger partial charge on any atom is -0.490 e. The summed E-state index contributed by atoms with van der Waals surface area (Å²) in [5.41, 5.74) is 0.581. The number of carbonyl (C=O) groups is 1. The zero-order valence-corrected chi connectivity index (χ0v) is 15.5. The van der Waals surface area contributed by atoms with E-state index in [9.17, 15) is 4.79 Å². The van der Waals surface area contributed by atoms with Crippen LogP contribution in [0, 0.1) is 0 Å². The van der Waals surface area contributed by atoms with E-state index in [4.69, 9.17) is 37.4 Å². The molecule has 7 heteroatoms. The number of anilines is 1. The number of hydrogen-bond donors (Lipinski definition) is 1. The van der Waals surface area contributed by atoms with Crippen LogP contribution in [0.4, 0.5) is 5.69 Å². The molecule has 1 N–H and O–H groups in total. The normalized spacial score (nSPS) is 10.2. The summed E-state index contributed by atoms with van der Waals surface area (Å²) in [6.45, 7) is 4.60. The van der Waals surface area contributed by atoms with Crippen molar-refractivity contribution in [2.24, 2.45) is 0 Å². The molecule has 0 aliphatic carbocycles. The first kappa shape index (κ1) is 19.2. The Morgan fingerprint density at radius 3 is 2.36 bits per heavy atom. The lowest BCUT2D eigenvalue weighted by atomic mass is 10.2. The molecule has 5 nitrogen and oxygen atoms in total. The summed E-state index contributed by atoms with van der Waals surface area (Å²) < 4.78 is 16.4. The second-order valence-corrected chi connectivity index (χ2v) is 5.78. The first-order valence-corrected chi connectivity index (χ1v) is 8.56. The molecule has 0 radical (unpaired) electrons. The van der Waals surface area contributed by atoms with Gasteiger partial charge in [0.2, 0.25) is 0 Å². The lowest BCUT2D eigenvalue weighted by Crippen LogP contribution is -2.20. The molecule has 0 saturated carbocycles. The first-order valence-electron chi connectivity index (χ1n) is 7.80.